The first-order chi connectivity index (χ1) is 13.1. The Morgan fingerprint density at radius 2 is 2.11 bits per heavy atom. The average Bonchev–Trinajstić information content (AvgIpc) is 3.37. The summed E-state index contributed by atoms with van der Waals surface area (Å²) in [5.74, 6) is -0.576. The number of hydrogen-bond acceptors (Lipinski definition) is 6. The molecule has 2 aromatic rings. The van der Waals surface area contributed by atoms with Gasteiger partial charge in [0.15, 0.2) is 6.61 Å². The van der Waals surface area contributed by atoms with Crippen molar-refractivity contribution in [2.24, 2.45) is 0 Å². The summed E-state index contributed by atoms with van der Waals surface area (Å²) in [6.07, 6.45) is 1.26. The van der Waals surface area contributed by atoms with Crippen LogP contribution in [0.25, 0.3) is 0 Å². The van der Waals surface area contributed by atoms with Crippen molar-refractivity contribution in [3.05, 3.63) is 46.7 Å². The minimum absolute atomic E-state index is 0.176. The Hall–Kier alpha value is -2.87. The molecule has 27 heavy (non-hydrogen) atoms. The number of anilines is 1. The van der Waals surface area contributed by atoms with Crippen molar-refractivity contribution >= 4 is 34.8 Å². The van der Waals surface area contributed by atoms with Gasteiger partial charge in [0.25, 0.3) is 11.8 Å². The van der Waals surface area contributed by atoms with E-state index >= 15 is 0 Å². The molecule has 1 aromatic heterocycles. The molecular weight excluding hydrogens is 368 g/mol. The third-order valence-corrected chi connectivity index (χ3v) is 5.07. The summed E-state index contributed by atoms with van der Waals surface area (Å²) < 4.78 is 10.2. The van der Waals surface area contributed by atoms with Gasteiger partial charge in [-0.25, -0.2) is 4.79 Å². The maximum Gasteiger partial charge on any atom is 0.329 e. The van der Waals surface area contributed by atoms with Gasteiger partial charge in [-0.2, -0.15) is 0 Å². The van der Waals surface area contributed by atoms with Crippen LogP contribution in [0, 0.1) is 0 Å². The lowest BCUT2D eigenvalue weighted by atomic mass is 10.2. The minimum atomic E-state index is -0.649. The maximum atomic E-state index is 12.5. The molecule has 0 aliphatic carbocycles. The van der Waals surface area contributed by atoms with Gasteiger partial charge in [0.2, 0.25) is 0 Å². The van der Waals surface area contributed by atoms with E-state index in [1.54, 1.807) is 36.4 Å². The number of esters is 1. The van der Waals surface area contributed by atoms with Crippen LogP contribution in [0.4, 0.5) is 5.69 Å². The quantitative estimate of drug-likeness (QED) is 0.769. The molecule has 2 amide bonds. The number of rotatable bonds is 6. The van der Waals surface area contributed by atoms with Gasteiger partial charge < -0.3 is 19.7 Å². The van der Waals surface area contributed by atoms with Gasteiger partial charge in [-0.15, -0.1) is 11.3 Å². The molecule has 1 aromatic carbocycles. The van der Waals surface area contributed by atoms with Gasteiger partial charge in [-0.05, 0) is 36.4 Å². The molecule has 7 nitrogen and oxygen atoms in total. The first-order valence-electron chi connectivity index (χ1n) is 8.53. The summed E-state index contributed by atoms with van der Waals surface area (Å²) in [5, 5.41) is 4.46. The molecule has 0 bridgehead atoms. The normalized spacial score (nSPS) is 16.0. The van der Waals surface area contributed by atoms with Crippen LogP contribution in [0.3, 0.4) is 0 Å². The van der Waals surface area contributed by atoms with Gasteiger partial charge in [0, 0.05) is 18.3 Å². The molecule has 1 aliphatic heterocycles. The van der Waals surface area contributed by atoms with E-state index in [9.17, 15) is 14.4 Å². The zero-order valence-electron chi connectivity index (χ0n) is 14.8. The van der Waals surface area contributed by atoms with E-state index < -0.39 is 24.5 Å². The highest BCUT2D eigenvalue weighted by molar-refractivity contribution is 7.12. The number of likely N-dealkylation sites (tertiary alicyclic amines) is 1. The van der Waals surface area contributed by atoms with Crippen LogP contribution in [0.15, 0.2) is 41.8 Å². The number of carbonyl (C=O) groups excluding carboxylic acids is 3. The first-order valence-corrected chi connectivity index (χ1v) is 9.41. The number of benzene rings is 1. The molecule has 1 N–H and O–H groups in total. The second-order valence-electron chi connectivity index (χ2n) is 6.02. The van der Waals surface area contributed by atoms with Gasteiger partial charge in [-0.1, -0.05) is 12.1 Å². The van der Waals surface area contributed by atoms with E-state index in [-0.39, 0.29) is 5.91 Å². The van der Waals surface area contributed by atoms with Crippen molar-refractivity contribution < 1.29 is 23.9 Å². The van der Waals surface area contributed by atoms with Gasteiger partial charge in [0.1, 0.15) is 11.8 Å². The number of nitrogens with zero attached hydrogens (tertiary/aromatic N) is 1. The fourth-order valence-corrected chi connectivity index (χ4v) is 3.61. The molecule has 8 heteroatoms. The fourth-order valence-electron chi connectivity index (χ4n) is 2.93. The Morgan fingerprint density at radius 1 is 1.26 bits per heavy atom. The van der Waals surface area contributed by atoms with Crippen LogP contribution in [0.5, 0.6) is 5.75 Å². The number of amides is 2. The van der Waals surface area contributed by atoms with E-state index in [2.05, 4.69) is 5.32 Å². The molecule has 1 saturated heterocycles. The SMILES string of the molecule is COc1cccc(NC(=O)COC(=O)[C@@H]2CCCN2C(=O)c2cccs2)c1. The number of ether oxygens (including phenoxy) is 2. The van der Waals surface area contributed by atoms with Crippen molar-refractivity contribution in [2.75, 3.05) is 25.6 Å². The number of carbonyl (C=O) groups is 3. The lowest BCUT2D eigenvalue weighted by Crippen LogP contribution is -2.41. The molecule has 1 atom stereocenters. The molecule has 0 saturated carbocycles. The summed E-state index contributed by atoms with van der Waals surface area (Å²) in [7, 11) is 1.54. The molecule has 0 radical (unpaired) electrons. The number of hydrogen-bond donors (Lipinski definition) is 1. The Kier molecular flexibility index (Phi) is 6.08. The van der Waals surface area contributed by atoms with E-state index in [0.29, 0.717) is 29.3 Å². The predicted octanol–water partition coefficient (Wildman–Crippen LogP) is 2.54. The van der Waals surface area contributed by atoms with Gasteiger partial charge in [-0.3, -0.25) is 9.59 Å². The topological polar surface area (TPSA) is 84.9 Å². The molecule has 1 aliphatic rings. The van der Waals surface area contributed by atoms with Crippen LogP contribution < -0.4 is 10.1 Å². The third-order valence-electron chi connectivity index (χ3n) is 4.22. The van der Waals surface area contributed by atoms with Gasteiger partial charge in [0.05, 0.1) is 12.0 Å². The highest BCUT2D eigenvalue weighted by Crippen LogP contribution is 2.23. The number of thiophene rings is 1. The number of methoxy groups -OCH3 is 1. The standard InChI is InChI=1S/C19H20N2O5S/c1-25-14-6-2-5-13(11-14)20-17(22)12-26-19(24)15-7-3-9-21(15)18(23)16-8-4-10-27-16/h2,4-6,8,10-11,15H,3,7,9,12H2,1H3,(H,20,22)/t15-/m0/s1. The van der Waals surface area contributed by atoms with Crippen molar-refractivity contribution in [1.29, 1.82) is 0 Å². The van der Waals surface area contributed by atoms with Crippen molar-refractivity contribution in [3.63, 3.8) is 0 Å². The Bertz CT molecular complexity index is 821. The highest BCUT2D eigenvalue weighted by atomic mass is 32.1. The third kappa shape index (κ3) is 4.65. The molecule has 142 valence electrons. The minimum Gasteiger partial charge on any atom is -0.497 e. The van der Waals surface area contributed by atoms with Crippen LogP contribution in [0.2, 0.25) is 0 Å². The smallest absolute Gasteiger partial charge is 0.329 e. The van der Waals surface area contributed by atoms with Crippen LogP contribution in [-0.4, -0.2) is 49.0 Å². The van der Waals surface area contributed by atoms with E-state index in [4.69, 9.17) is 9.47 Å². The fraction of sp³-hybridized carbons (Fsp3) is 0.316. The molecule has 2 heterocycles. The molecule has 1 fully saturated rings. The lowest BCUT2D eigenvalue weighted by Gasteiger charge is -2.22. The van der Waals surface area contributed by atoms with Crippen LogP contribution in [-0.2, 0) is 14.3 Å². The molecule has 3 rings (SSSR count). The maximum absolute atomic E-state index is 12.5. The first kappa shape index (κ1) is 18.9. The zero-order valence-corrected chi connectivity index (χ0v) is 15.7. The summed E-state index contributed by atoms with van der Waals surface area (Å²) in [5.41, 5.74) is 0.547. The molecular formula is C19H20N2O5S. The van der Waals surface area contributed by atoms with Crippen molar-refractivity contribution in [1.82, 2.24) is 4.90 Å². The Labute approximate surface area is 160 Å². The number of nitrogens with one attached hydrogen (secondary N) is 1. The molecule has 0 unspecified atom stereocenters. The largest absolute Gasteiger partial charge is 0.497 e. The summed E-state index contributed by atoms with van der Waals surface area (Å²) in [6.45, 7) is 0.0973. The van der Waals surface area contributed by atoms with Crippen LogP contribution >= 0.6 is 11.3 Å². The zero-order chi connectivity index (χ0) is 19.2. The second kappa shape index (κ2) is 8.68. The lowest BCUT2D eigenvalue weighted by molar-refractivity contribution is -0.151. The van der Waals surface area contributed by atoms with Crippen molar-refractivity contribution in [3.8, 4) is 5.75 Å². The van der Waals surface area contributed by atoms with Gasteiger partial charge >= 0.3 is 5.97 Å². The van der Waals surface area contributed by atoms with E-state index in [0.717, 1.165) is 6.42 Å². The van der Waals surface area contributed by atoms with E-state index in [1.165, 1.54) is 23.3 Å². The Balaban J connectivity index is 1.53. The van der Waals surface area contributed by atoms with Crippen LogP contribution in [0.1, 0.15) is 22.5 Å². The summed E-state index contributed by atoms with van der Waals surface area (Å²) in [4.78, 5) is 39.0. The average molecular weight is 388 g/mol. The van der Waals surface area contributed by atoms with Crippen molar-refractivity contribution in [2.45, 2.75) is 18.9 Å². The van der Waals surface area contributed by atoms with E-state index in [1.807, 2.05) is 5.38 Å². The Morgan fingerprint density at radius 3 is 2.85 bits per heavy atom. The second-order valence-corrected chi connectivity index (χ2v) is 6.97. The monoisotopic (exact) mass is 388 g/mol. The summed E-state index contributed by atoms with van der Waals surface area (Å²) in [6, 6.07) is 9.75. The predicted molar refractivity (Wildman–Crippen MR) is 101 cm³/mol. The molecule has 0 spiro atoms. The highest BCUT2D eigenvalue weighted by Gasteiger charge is 2.36. The summed E-state index contributed by atoms with van der Waals surface area (Å²) >= 11 is 1.34.